The van der Waals surface area contributed by atoms with E-state index in [1.54, 1.807) is 0 Å². The number of allylic oxidation sites excluding steroid dienone is 4. The molecule has 1 aliphatic carbocycles. The molecule has 7 nitrogen and oxygen atoms in total. The molecule has 0 radical (unpaired) electrons. The second-order valence-corrected chi connectivity index (χ2v) is 13.7. The molecular weight excluding hydrogens is 687 g/mol. The predicted octanol–water partition coefficient (Wildman–Crippen LogP) is 11.5. The zero-order valence-electron chi connectivity index (χ0n) is 30.0. The standard InChI is InChI=1S/C49H31N7/c1-2-6-21-35-24-12-11-20-33(17-5-1)41-31-40(32-18-7-3-8-19-32)50-48(51-41)55-42-27-15-13-25-36(42)38-29-30-39-37-26-14-16-28-43(37)56(45(39)44(38)55)49-53-46(52-47(35)54-49)34-22-9-4-10-23-34/h1-31H. The van der Waals surface area contributed by atoms with Crippen molar-refractivity contribution < 1.29 is 0 Å². The Balaban J connectivity index is 1.48. The van der Waals surface area contributed by atoms with Crippen LogP contribution in [0.15, 0.2) is 176 Å². The lowest BCUT2D eigenvalue weighted by Gasteiger charge is -2.07. The van der Waals surface area contributed by atoms with E-state index in [0.29, 0.717) is 23.0 Å². The van der Waals surface area contributed by atoms with Gasteiger partial charge in [0.25, 0.3) is 0 Å². The fourth-order valence-corrected chi connectivity index (χ4v) is 7.86. The summed E-state index contributed by atoms with van der Waals surface area (Å²) < 4.78 is 4.42. The Hall–Kier alpha value is -7.77. The topological polar surface area (TPSA) is 73.3 Å². The van der Waals surface area contributed by atoms with E-state index in [-0.39, 0.29) is 0 Å². The van der Waals surface area contributed by atoms with Crippen LogP contribution in [0, 0.1) is 0 Å². The van der Waals surface area contributed by atoms with Crippen molar-refractivity contribution in [1.82, 2.24) is 33.7 Å². The van der Waals surface area contributed by atoms with Crippen LogP contribution >= 0.6 is 0 Å². The molecule has 11 rings (SSSR count). The predicted molar refractivity (Wildman–Crippen MR) is 229 cm³/mol. The Morgan fingerprint density at radius 1 is 0.375 bits per heavy atom. The molecule has 262 valence electrons. The summed E-state index contributed by atoms with van der Waals surface area (Å²) >= 11 is 0. The van der Waals surface area contributed by atoms with Gasteiger partial charge in [0, 0.05) is 43.8 Å². The largest absolute Gasteiger partial charge is 0.276 e. The molecule has 10 aromatic rings. The molecule has 0 unspecified atom stereocenters. The van der Waals surface area contributed by atoms with Crippen LogP contribution in [0.4, 0.5) is 0 Å². The van der Waals surface area contributed by atoms with Crippen molar-refractivity contribution >= 4 is 78.5 Å². The minimum absolute atomic E-state index is 0.515. The van der Waals surface area contributed by atoms with Gasteiger partial charge in [-0.2, -0.15) is 9.97 Å². The molecule has 56 heavy (non-hydrogen) atoms. The van der Waals surface area contributed by atoms with Crippen LogP contribution in [0.3, 0.4) is 0 Å². The van der Waals surface area contributed by atoms with Crippen LogP contribution in [0.25, 0.3) is 101 Å². The fourth-order valence-electron chi connectivity index (χ4n) is 7.86. The second-order valence-electron chi connectivity index (χ2n) is 13.7. The molecular formula is C49H31N7. The summed E-state index contributed by atoms with van der Waals surface area (Å²) in [5, 5.41) is 4.34. The van der Waals surface area contributed by atoms with Gasteiger partial charge in [-0.25, -0.2) is 15.0 Å². The third-order valence-electron chi connectivity index (χ3n) is 10.4. The number of benzene rings is 5. The average Bonchev–Trinajstić information content (AvgIpc) is 3.77. The van der Waals surface area contributed by atoms with Crippen LogP contribution in [0.5, 0.6) is 0 Å². The van der Waals surface area contributed by atoms with E-state index in [1.165, 1.54) is 0 Å². The fraction of sp³-hybridized carbons (Fsp3) is 0. The number of para-hydroxylation sites is 2. The highest BCUT2D eigenvalue weighted by atomic mass is 15.1. The molecule has 5 heterocycles. The molecule has 0 spiro atoms. The number of rotatable bonds is 2. The Morgan fingerprint density at radius 2 is 0.911 bits per heavy atom. The van der Waals surface area contributed by atoms with Gasteiger partial charge < -0.3 is 0 Å². The Bertz CT molecular complexity index is 3180. The second kappa shape index (κ2) is 13.0. The van der Waals surface area contributed by atoms with Gasteiger partial charge in [-0.05, 0) is 18.2 Å². The number of hydrogen-bond acceptors (Lipinski definition) is 5. The van der Waals surface area contributed by atoms with E-state index in [0.717, 1.165) is 77.1 Å². The van der Waals surface area contributed by atoms with E-state index in [2.05, 4.69) is 99.8 Å². The summed E-state index contributed by atoms with van der Waals surface area (Å²) in [7, 11) is 0. The maximum absolute atomic E-state index is 5.41. The lowest BCUT2D eigenvalue weighted by atomic mass is 10.1. The van der Waals surface area contributed by atoms with Crippen molar-refractivity contribution in [3.05, 3.63) is 187 Å². The van der Waals surface area contributed by atoms with Crippen LogP contribution in [-0.2, 0) is 0 Å². The van der Waals surface area contributed by atoms with Crippen LogP contribution in [0.2, 0.25) is 0 Å². The molecule has 0 atom stereocenters. The molecule has 6 bridgehead atoms. The summed E-state index contributed by atoms with van der Waals surface area (Å²) in [4.78, 5) is 26.5. The third-order valence-corrected chi connectivity index (χ3v) is 10.4. The summed E-state index contributed by atoms with van der Waals surface area (Å²) in [5.74, 6) is 1.66. The highest BCUT2D eigenvalue weighted by molar-refractivity contribution is 6.23. The minimum Gasteiger partial charge on any atom is -0.276 e. The third kappa shape index (κ3) is 5.17. The van der Waals surface area contributed by atoms with Crippen LogP contribution in [0.1, 0.15) is 11.1 Å². The first kappa shape index (κ1) is 31.7. The SMILES string of the molecule is C1=CC=Cc2ccccc(c3cc(-c4ccccc4)nc(n3)n3c4ccccc4c4ccc5c6ccccc6n(c6nc(-c7ccccc7)nc2n6)c5c43)C=C1. The van der Waals surface area contributed by atoms with Gasteiger partial charge >= 0.3 is 0 Å². The van der Waals surface area contributed by atoms with Crippen molar-refractivity contribution in [3.63, 3.8) is 0 Å². The van der Waals surface area contributed by atoms with Crippen molar-refractivity contribution in [3.8, 4) is 22.6 Å². The van der Waals surface area contributed by atoms with E-state index in [9.17, 15) is 0 Å². The first-order valence-corrected chi connectivity index (χ1v) is 18.6. The first-order valence-electron chi connectivity index (χ1n) is 18.6. The monoisotopic (exact) mass is 717 g/mol. The molecule has 0 aliphatic heterocycles. The average molecular weight is 718 g/mol. The van der Waals surface area contributed by atoms with Crippen LogP contribution < -0.4 is 0 Å². The van der Waals surface area contributed by atoms with Gasteiger partial charge in [0.2, 0.25) is 11.6 Å². The van der Waals surface area contributed by atoms with Crippen LogP contribution in [-0.4, -0.2) is 33.7 Å². The van der Waals surface area contributed by atoms with Gasteiger partial charge in [0.05, 0.1) is 33.3 Å². The molecule has 0 N–H and O–H groups in total. The van der Waals surface area contributed by atoms with E-state index >= 15 is 0 Å². The number of aromatic nitrogens is 7. The molecule has 0 saturated carbocycles. The van der Waals surface area contributed by atoms with E-state index < -0.39 is 0 Å². The Morgan fingerprint density at radius 3 is 1.57 bits per heavy atom. The molecule has 5 aromatic heterocycles. The highest BCUT2D eigenvalue weighted by Gasteiger charge is 2.20. The minimum atomic E-state index is 0.515. The normalized spacial score (nSPS) is 12.4. The molecule has 0 amide bonds. The molecule has 1 aliphatic rings. The van der Waals surface area contributed by atoms with Gasteiger partial charge in [-0.3, -0.25) is 8.80 Å². The lowest BCUT2D eigenvalue weighted by Crippen LogP contribution is -2.00. The van der Waals surface area contributed by atoms with Gasteiger partial charge in [0.1, 0.15) is 0 Å². The lowest BCUT2D eigenvalue weighted by molar-refractivity contribution is 1.10. The quantitative estimate of drug-likeness (QED) is 0.178. The zero-order chi connectivity index (χ0) is 37.0. The number of hydrogen-bond donors (Lipinski definition) is 0. The Kier molecular flexibility index (Phi) is 7.35. The maximum atomic E-state index is 5.41. The van der Waals surface area contributed by atoms with E-state index in [4.69, 9.17) is 24.9 Å². The van der Waals surface area contributed by atoms with Crippen molar-refractivity contribution in [2.45, 2.75) is 0 Å². The molecule has 0 fully saturated rings. The summed E-state index contributed by atoms with van der Waals surface area (Å²) in [5.41, 5.74) is 9.77. The molecule has 5 aromatic carbocycles. The van der Waals surface area contributed by atoms with E-state index in [1.807, 2.05) is 97.1 Å². The Labute approximate surface area is 320 Å². The zero-order valence-corrected chi connectivity index (χ0v) is 30.0. The van der Waals surface area contributed by atoms with Crippen molar-refractivity contribution in [2.24, 2.45) is 0 Å². The summed E-state index contributed by atoms with van der Waals surface area (Å²) in [6, 6.07) is 52.1. The highest BCUT2D eigenvalue weighted by Crippen LogP contribution is 2.39. The van der Waals surface area contributed by atoms with Crippen molar-refractivity contribution in [1.29, 1.82) is 0 Å². The summed E-state index contributed by atoms with van der Waals surface area (Å²) in [6.07, 6.45) is 12.2. The number of fused-ring (bicyclic) bond motifs is 19. The molecule has 0 saturated heterocycles. The van der Waals surface area contributed by atoms with Gasteiger partial charge in [0.15, 0.2) is 11.5 Å². The van der Waals surface area contributed by atoms with Gasteiger partial charge in [-0.1, -0.05) is 170 Å². The number of nitrogens with zero attached hydrogens (tertiary/aromatic N) is 7. The van der Waals surface area contributed by atoms with Crippen molar-refractivity contribution in [2.75, 3.05) is 0 Å². The smallest absolute Gasteiger partial charge is 0.238 e. The summed E-state index contributed by atoms with van der Waals surface area (Å²) in [6.45, 7) is 0. The first-order chi connectivity index (χ1) is 27.8. The maximum Gasteiger partial charge on any atom is 0.238 e. The molecule has 7 heteroatoms. The van der Waals surface area contributed by atoms with Gasteiger partial charge in [-0.15, -0.1) is 0 Å².